The summed E-state index contributed by atoms with van der Waals surface area (Å²) in [4.78, 5) is 12.2. The summed E-state index contributed by atoms with van der Waals surface area (Å²) in [6.45, 7) is 0. The van der Waals surface area contributed by atoms with E-state index in [2.05, 4.69) is 0 Å². The van der Waals surface area contributed by atoms with Gasteiger partial charge in [0.2, 0.25) is 0 Å². The zero-order chi connectivity index (χ0) is 21.4. The van der Waals surface area contributed by atoms with Gasteiger partial charge in [-0.1, -0.05) is 24.3 Å². The number of sulfone groups is 1. The van der Waals surface area contributed by atoms with Crippen LogP contribution in [0.5, 0.6) is 0 Å². The van der Waals surface area contributed by atoms with Crippen LogP contribution in [-0.2, 0) is 9.84 Å². The van der Waals surface area contributed by atoms with Crippen molar-refractivity contribution >= 4 is 21.3 Å². The van der Waals surface area contributed by atoms with Gasteiger partial charge >= 0.3 is 12.4 Å². The lowest BCUT2D eigenvalue weighted by molar-refractivity contribution is -0.169. The Balaban J connectivity index is 2.48. The average molecular weight is 427 g/mol. The molecule has 1 unspecified atom stereocenters. The predicted molar refractivity (Wildman–Crippen MR) is 90.8 cm³/mol. The van der Waals surface area contributed by atoms with Gasteiger partial charge in [-0.05, 0) is 18.2 Å². The molecule has 0 radical (unpaired) electrons. The molecule has 154 valence electrons. The first kappa shape index (κ1) is 22.0. The number of Topliss-reactive ketones (excluding diaryl/α,β-unsaturated/α-hetero) is 1. The van der Waals surface area contributed by atoms with Crippen LogP contribution in [0.4, 0.5) is 32.0 Å². The molecule has 0 amide bonds. The van der Waals surface area contributed by atoms with Crippen molar-refractivity contribution in [1.82, 2.24) is 0 Å². The van der Waals surface area contributed by atoms with Gasteiger partial charge in [0, 0.05) is 29.5 Å². The number of nitrogens with one attached hydrogen (secondary N) is 1. The summed E-state index contributed by atoms with van der Waals surface area (Å²) < 4.78 is 103. The summed E-state index contributed by atoms with van der Waals surface area (Å²) in [5.74, 6) is -1.93. The Kier molecular flexibility index (Phi) is 5.71. The Morgan fingerprint density at radius 3 is 2.29 bits per heavy atom. The van der Waals surface area contributed by atoms with Gasteiger partial charge in [-0.3, -0.25) is 4.79 Å². The van der Waals surface area contributed by atoms with Gasteiger partial charge in [-0.15, -0.1) is 0 Å². The van der Waals surface area contributed by atoms with Crippen molar-refractivity contribution in [2.45, 2.75) is 24.3 Å². The molecular weight excluding hydrogens is 412 g/mol. The number of ketones is 1. The molecule has 4 nitrogen and oxygen atoms in total. The van der Waals surface area contributed by atoms with Crippen molar-refractivity contribution < 1.29 is 39.6 Å². The van der Waals surface area contributed by atoms with Crippen LogP contribution in [0.3, 0.4) is 0 Å². The molecule has 0 saturated carbocycles. The summed E-state index contributed by atoms with van der Waals surface area (Å²) in [5, 5.41) is 2.00. The first-order chi connectivity index (χ1) is 12.6. The predicted octanol–water partition coefficient (Wildman–Crippen LogP) is 4.08. The van der Waals surface area contributed by atoms with Crippen molar-refractivity contribution in [3.63, 3.8) is 0 Å². The molecule has 11 heteroatoms. The Bertz CT molecular complexity index is 931. The van der Waals surface area contributed by atoms with Crippen molar-refractivity contribution in [3.8, 4) is 0 Å². The fraction of sp³-hybridized carbons (Fsp3) is 0.353. The molecule has 1 atom stereocenters. The number of carbonyl (C=O) groups excluding carboxylic acids is 1. The quantitative estimate of drug-likeness (QED) is 0.568. The number of hydrogen-bond acceptors (Lipinski definition) is 4. The average Bonchev–Trinajstić information content (AvgIpc) is 2.52. The topological polar surface area (TPSA) is 63.2 Å². The van der Waals surface area contributed by atoms with Gasteiger partial charge in [0.05, 0.1) is 0 Å². The third-order valence-electron chi connectivity index (χ3n) is 4.00. The molecule has 1 aliphatic carbocycles. The number of para-hydroxylation sites is 1. The van der Waals surface area contributed by atoms with Crippen LogP contribution in [0.2, 0.25) is 0 Å². The molecule has 2 rings (SSSR count). The highest BCUT2D eigenvalue weighted by Crippen LogP contribution is 2.45. The highest BCUT2D eigenvalue weighted by molar-refractivity contribution is 7.91. The second-order valence-corrected chi connectivity index (χ2v) is 8.50. The molecule has 0 heterocycles. The van der Waals surface area contributed by atoms with E-state index < -0.39 is 56.9 Å². The maximum absolute atomic E-state index is 13.8. The van der Waals surface area contributed by atoms with Crippen LogP contribution >= 0.6 is 0 Å². The van der Waals surface area contributed by atoms with Crippen LogP contribution in [0.15, 0.2) is 48.1 Å². The van der Waals surface area contributed by atoms with E-state index in [4.69, 9.17) is 0 Å². The molecule has 1 aromatic carbocycles. The van der Waals surface area contributed by atoms with E-state index in [1.165, 1.54) is 12.1 Å². The first-order valence-corrected chi connectivity index (χ1v) is 9.81. The number of benzene rings is 1. The molecule has 1 aromatic rings. The number of halogens is 6. The Labute approximate surface area is 156 Å². The molecule has 28 heavy (non-hydrogen) atoms. The normalized spacial score (nSPS) is 20.6. The minimum atomic E-state index is -5.14. The van der Waals surface area contributed by atoms with E-state index in [0.29, 0.717) is 18.2 Å². The van der Waals surface area contributed by atoms with Crippen LogP contribution in [0.1, 0.15) is 16.8 Å². The summed E-state index contributed by atoms with van der Waals surface area (Å²) in [7, 11) is -3.76. The lowest BCUT2D eigenvalue weighted by atomic mass is 9.84. The summed E-state index contributed by atoms with van der Waals surface area (Å²) in [6.07, 6.45) is -9.02. The first-order valence-electron chi connectivity index (χ1n) is 7.75. The molecule has 0 spiro atoms. The number of anilines is 1. The van der Waals surface area contributed by atoms with Gasteiger partial charge in [0.1, 0.15) is 5.75 Å². The van der Waals surface area contributed by atoms with Crippen molar-refractivity contribution in [1.29, 1.82) is 0 Å². The number of hydrogen-bond donors (Lipinski definition) is 1. The molecule has 1 aliphatic rings. The fourth-order valence-corrected chi connectivity index (χ4v) is 3.32. The zero-order valence-electron chi connectivity index (χ0n) is 14.4. The van der Waals surface area contributed by atoms with E-state index in [0.717, 1.165) is 18.4 Å². The van der Waals surface area contributed by atoms with E-state index >= 15 is 0 Å². The maximum atomic E-state index is 13.8. The second kappa shape index (κ2) is 7.26. The van der Waals surface area contributed by atoms with Crippen LogP contribution < -0.4 is 5.32 Å². The van der Waals surface area contributed by atoms with Crippen LogP contribution in [-0.4, -0.2) is 44.1 Å². The van der Waals surface area contributed by atoms with E-state index in [9.17, 15) is 39.6 Å². The highest BCUT2D eigenvalue weighted by Gasteiger charge is 2.56. The lowest BCUT2D eigenvalue weighted by Crippen LogP contribution is -2.52. The smallest absolute Gasteiger partial charge is 0.368 e. The minimum absolute atomic E-state index is 0.368. The maximum Gasteiger partial charge on any atom is 0.415 e. The molecule has 0 saturated heterocycles. The Morgan fingerprint density at radius 1 is 1.14 bits per heavy atom. The largest absolute Gasteiger partial charge is 0.415 e. The van der Waals surface area contributed by atoms with E-state index in [1.807, 2.05) is 5.32 Å². The van der Waals surface area contributed by atoms with E-state index in [1.54, 1.807) is 0 Å². The van der Waals surface area contributed by atoms with Crippen molar-refractivity contribution in [2.75, 3.05) is 17.3 Å². The number of carbonyl (C=O) groups is 1. The van der Waals surface area contributed by atoms with Gasteiger partial charge < -0.3 is 5.32 Å². The molecule has 0 aliphatic heterocycles. The minimum Gasteiger partial charge on any atom is -0.368 e. The van der Waals surface area contributed by atoms with Crippen molar-refractivity contribution in [2.24, 2.45) is 0 Å². The van der Waals surface area contributed by atoms with Crippen LogP contribution in [0.25, 0.3) is 0 Å². The molecule has 0 aromatic heterocycles. The number of rotatable bonds is 5. The third kappa shape index (κ3) is 4.94. The van der Waals surface area contributed by atoms with Crippen LogP contribution in [0, 0.1) is 0 Å². The monoisotopic (exact) mass is 427 g/mol. The van der Waals surface area contributed by atoms with E-state index in [-0.39, 0.29) is 5.56 Å². The molecule has 1 N–H and O–H groups in total. The molecular formula is C17H15F6NO3S. The van der Waals surface area contributed by atoms with Gasteiger partial charge in [0.25, 0.3) is 0 Å². The van der Waals surface area contributed by atoms with Gasteiger partial charge in [0.15, 0.2) is 21.2 Å². The molecule has 0 bridgehead atoms. The van der Waals surface area contributed by atoms with Crippen molar-refractivity contribution in [3.05, 3.63) is 53.6 Å². The summed E-state index contributed by atoms with van der Waals surface area (Å²) in [6, 6.07) is 4.75. The standard InChI is InChI=1S/C17H15F6NO3S/c1-28(26,27)10-14(25)12-6-2-3-7-13(12)24-15(17(21,22)23)8-4-5-11(9-15)16(18,19)20/h2-8,24H,9-10H2,1H3. The fourth-order valence-electron chi connectivity index (χ4n) is 2.68. The van der Waals surface area contributed by atoms with Gasteiger partial charge in [-0.2, -0.15) is 26.3 Å². The SMILES string of the molecule is CS(=O)(=O)CC(=O)c1ccccc1NC1(C(F)(F)F)C=CC=C(C(F)(F)F)C1. The number of alkyl halides is 6. The molecule has 0 fully saturated rings. The lowest BCUT2D eigenvalue weighted by Gasteiger charge is -2.38. The highest BCUT2D eigenvalue weighted by atomic mass is 32.2. The Hall–Kier alpha value is -2.30. The second-order valence-electron chi connectivity index (χ2n) is 6.36. The Morgan fingerprint density at radius 2 is 1.75 bits per heavy atom. The summed E-state index contributed by atoms with van der Waals surface area (Å²) in [5.41, 5.74) is -5.29. The summed E-state index contributed by atoms with van der Waals surface area (Å²) >= 11 is 0. The number of allylic oxidation sites excluding steroid dienone is 2. The van der Waals surface area contributed by atoms with Gasteiger partial charge in [-0.25, -0.2) is 8.42 Å². The zero-order valence-corrected chi connectivity index (χ0v) is 15.2. The third-order valence-corrected chi connectivity index (χ3v) is 4.78.